The third kappa shape index (κ3) is 3.96. The Morgan fingerprint density at radius 2 is 2.11 bits per heavy atom. The Labute approximate surface area is 165 Å². The number of pyridine rings is 1. The third-order valence-electron chi connectivity index (χ3n) is 5.40. The van der Waals surface area contributed by atoms with Crippen LogP contribution in [0.3, 0.4) is 0 Å². The minimum atomic E-state index is -0.234. The average Bonchev–Trinajstić information content (AvgIpc) is 3.38. The first-order valence-electron chi connectivity index (χ1n) is 9.94. The zero-order valence-corrected chi connectivity index (χ0v) is 16.6. The maximum atomic E-state index is 12.5. The highest BCUT2D eigenvalue weighted by Crippen LogP contribution is 2.16. The van der Waals surface area contributed by atoms with Crippen LogP contribution in [-0.2, 0) is 16.1 Å². The van der Waals surface area contributed by atoms with Crippen LogP contribution in [0.1, 0.15) is 24.1 Å². The molecule has 1 amide bonds. The molecule has 150 valence electrons. The standard InChI is InChI=1S/C20H28N6O2/c1-15-5-6-26-14-16(23-18(26)12-15)13-22-20(21-2)25-9-7-24(8-10-25)19(27)17-4-3-11-28-17/h5-6,12,14,17H,3-4,7-11,13H2,1-2H3,(H,21,22). The number of rotatable bonds is 3. The van der Waals surface area contributed by atoms with Crippen molar-refractivity contribution in [2.45, 2.75) is 32.4 Å². The van der Waals surface area contributed by atoms with E-state index in [0.29, 0.717) is 26.2 Å². The molecule has 0 radical (unpaired) electrons. The first-order chi connectivity index (χ1) is 13.6. The number of hydrogen-bond donors (Lipinski definition) is 1. The van der Waals surface area contributed by atoms with E-state index in [0.717, 1.165) is 43.2 Å². The van der Waals surface area contributed by atoms with Crippen molar-refractivity contribution < 1.29 is 9.53 Å². The molecule has 1 unspecified atom stereocenters. The fourth-order valence-corrected chi connectivity index (χ4v) is 3.84. The minimum absolute atomic E-state index is 0.139. The lowest BCUT2D eigenvalue weighted by atomic mass is 10.2. The number of aliphatic imine (C=N–C) groups is 1. The van der Waals surface area contributed by atoms with Gasteiger partial charge in [0.2, 0.25) is 0 Å². The topological polar surface area (TPSA) is 74.5 Å². The number of fused-ring (bicyclic) bond motifs is 1. The molecule has 2 saturated heterocycles. The number of carbonyl (C=O) groups is 1. The van der Waals surface area contributed by atoms with Crippen molar-refractivity contribution in [3.63, 3.8) is 0 Å². The van der Waals surface area contributed by atoms with Crippen LogP contribution in [0.4, 0.5) is 0 Å². The number of guanidine groups is 1. The average molecular weight is 384 g/mol. The third-order valence-corrected chi connectivity index (χ3v) is 5.40. The van der Waals surface area contributed by atoms with Gasteiger partial charge in [-0.25, -0.2) is 4.98 Å². The molecule has 2 aliphatic rings. The predicted molar refractivity (Wildman–Crippen MR) is 107 cm³/mol. The van der Waals surface area contributed by atoms with E-state index in [1.807, 2.05) is 21.7 Å². The summed E-state index contributed by atoms with van der Waals surface area (Å²) in [6, 6.07) is 4.14. The number of ether oxygens (including phenoxy) is 1. The van der Waals surface area contributed by atoms with Crippen molar-refractivity contribution in [2.75, 3.05) is 39.8 Å². The number of aryl methyl sites for hydroxylation is 1. The van der Waals surface area contributed by atoms with Crippen LogP contribution in [0.5, 0.6) is 0 Å². The first kappa shape index (κ1) is 18.7. The number of amides is 1. The number of nitrogens with zero attached hydrogens (tertiary/aromatic N) is 5. The smallest absolute Gasteiger partial charge is 0.251 e. The Hall–Kier alpha value is -2.61. The number of aromatic nitrogens is 2. The normalized spacial score (nSPS) is 20.8. The largest absolute Gasteiger partial charge is 0.368 e. The van der Waals surface area contributed by atoms with Crippen LogP contribution in [0.25, 0.3) is 5.65 Å². The predicted octanol–water partition coefficient (Wildman–Crippen LogP) is 1.04. The summed E-state index contributed by atoms with van der Waals surface area (Å²) in [6.45, 7) is 6.32. The molecule has 8 nitrogen and oxygen atoms in total. The highest BCUT2D eigenvalue weighted by Gasteiger charge is 2.30. The molecule has 0 aromatic carbocycles. The summed E-state index contributed by atoms with van der Waals surface area (Å²) in [4.78, 5) is 25.7. The van der Waals surface area contributed by atoms with Crippen molar-refractivity contribution in [1.82, 2.24) is 24.5 Å². The zero-order valence-electron chi connectivity index (χ0n) is 16.6. The molecule has 4 heterocycles. The summed E-state index contributed by atoms with van der Waals surface area (Å²) >= 11 is 0. The van der Waals surface area contributed by atoms with Gasteiger partial charge in [-0.2, -0.15) is 0 Å². The molecule has 0 aliphatic carbocycles. The van der Waals surface area contributed by atoms with E-state index in [1.165, 1.54) is 5.56 Å². The molecule has 2 aliphatic heterocycles. The van der Waals surface area contributed by atoms with Crippen LogP contribution in [0.15, 0.2) is 29.5 Å². The highest BCUT2D eigenvalue weighted by atomic mass is 16.5. The van der Waals surface area contributed by atoms with Crippen LogP contribution in [0, 0.1) is 6.92 Å². The van der Waals surface area contributed by atoms with Gasteiger partial charge in [0.25, 0.3) is 5.91 Å². The summed E-state index contributed by atoms with van der Waals surface area (Å²) in [5.74, 6) is 0.984. The van der Waals surface area contributed by atoms with Crippen LogP contribution >= 0.6 is 0 Å². The van der Waals surface area contributed by atoms with Crippen molar-refractivity contribution in [2.24, 2.45) is 4.99 Å². The summed E-state index contributed by atoms with van der Waals surface area (Å²) in [7, 11) is 1.79. The van der Waals surface area contributed by atoms with Gasteiger partial charge in [-0.05, 0) is 37.5 Å². The van der Waals surface area contributed by atoms with E-state index < -0.39 is 0 Å². The Balaban J connectivity index is 1.31. The van der Waals surface area contributed by atoms with E-state index in [4.69, 9.17) is 4.74 Å². The molecule has 4 rings (SSSR count). The van der Waals surface area contributed by atoms with Crippen molar-refractivity contribution in [3.05, 3.63) is 35.8 Å². The Kier molecular flexibility index (Phi) is 5.47. The summed E-state index contributed by atoms with van der Waals surface area (Å²) in [5, 5.41) is 3.40. The van der Waals surface area contributed by atoms with Gasteiger partial charge < -0.3 is 24.3 Å². The van der Waals surface area contributed by atoms with E-state index in [9.17, 15) is 4.79 Å². The second kappa shape index (κ2) is 8.18. The van der Waals surface area contributed by atoms with Crippen LogP contribution < -0.4 is 5.32 Å². The second-order valence-corrected chi connectivity index (χ2v) is 7.42. The molecule has 2 fully saturated rings. The Morgan fingerprint density at radius 3 is 2.82 bits per heavy atom. The minimum Gasteiger partial charge on any atom is -0.368 e. The monoisotopic (exact) mass is 384 g/mol. The van der Waals surface area contributed by atoms with E-state index in [2.05, 4.69) is 39.2 Å². The van der Waals surface area contributed by atoms with Crippen LogP contribution in [-0.4, -0.2) is 77.0 Å². The lowest BCUT2D eigenvalue weighted by Crippen LogP contribution is -2.55. The summed E-state index contributed by atoms with van der Waals surface area (Å²) in [6.07, 6.45) is 5.66. The van der Waals surface area contributed by atoms with E-state index in [1.54, 1.807) is 7.05 Å². The van der Waals surface area contributed by atoms with Crippen molar-refractivity contribution in [1.29, 1.82) is 0 Å². The molecule has 2 aromatic heterocycles. The fourth-order valence-electron chi connectivity index (χ4n) is 3.84. The molecular weight excluding hydrogens is 356 g/mol. The number of carbonyl (C=O) groups excluding carboxylic acids is 1. The maximum absolute atomic E-state index is 12.5. The van der Waals surface area contributed by atoms with Gasteiger partial charge in [0.15, 0.2) is 5.96 Å². The number of piperazine rings is 1. The number of hydrogen-bond acceptors (Lipinski definition) is 4. The maximum Gasteiger partial charge on any atom is 0.251 e. The fraction of sp³-hybridized carbons (Fsp3) is 0.550. The first-order valence-corrected chi connectivity index (χ1v) is 9.94. The SMILES string of the molecule is CN=C(NCc1cn2ccc(C)cc2n1)N1CCN(C(=O)C2CCCO2)CC1. The van der Waals surface area contributed by atoms with E-state index >= 15 is 0 Å². The van der Waals surface area contributed by atoms with Gasteiger partial charge in [0, 0.05) is 52.2 Å². The quantitative estimate of drug-likeness (QED) is 0.632. The molecule has 0 saturated carbocycles. The Bertz CT molecular complexity index is 863. The lowest BCUT2D eigenvalue weighted by Gasteiger charge is -2.37. The van der Waals surface area contributed by atoms with Gasteiger partial charge in [-0.1, -0.05) is 0 Å². The van der Waals surface area contributed by atoms with Gasteiger partial charge in [0.05, 0.1) is 12.2 Å². The Morgan fingerprint density at radius 1 is 1.32 bits per heavy atom. The van der Waals surface area contributed by atoms with Gasteiger partial charge in [-0.3, -0.25) is 9.79 Å². The van der Waals surface area contributed by atoms with Crippen molar-refractivity contribution >= 4 is 17.5 Å². The van der Waals surface area contributed by atoms with Gasteiger partial charge in [-0.15, -0.1) is 0 Å². The molecule has 0 bridgehead atoms. The molecule has 8 heteroatoms. The van der Waals surface area contributed by atoms with E-state index in [-0.39, 0.29) is 12.0 Å². The number of nitrogens with one attached hydrogen (secondary N) is 1. The second-order valence-electron chi connectivity index (χ2n) is 7.42. The van der Waals surface area contributed by atoms with Gasteiger partial charge in [0.1, 0.15) is 11.8 Å². The molecule has 2 aromatic rings. The molecular formula is C20H28N6O2. The molecule has 1 N–H and O–H groups in total. The highest BCUT2D eigenvalue weighted by molar-refractivity contribution is 5.82. The molecule has 0 spiro atoms. The summed E-state index contributed by atoms with van der Waals surface area (Å²) in [5.41, 5.74) is 3.12. The van der Waals surface area contributed by atoms with Gasteiger partial charge >= 0.3 is 0 Å². The summed E-state index contributed by atoms with van der Waals surface area (Å²) < 4.78 is 7.56. The lowest BCUT2D eigenvalue weighted by molar-refractivity contribution is -0.142. The van der Waals surface area contributed by atoms with Crippen molar-refractivity contribution in [3.8, 4) is 0 Å². The number of imidazole rings is 1. The molecule has 1 atom stereocenters. The van der Waals surface area contributed by atoms with Crippen LogP contribution in [0.2, 0.25) is 0 Å². The molecule has 28 heavy (non-hydrogen) atoms. The zero-order chi connectivity index (χ0) is 19.5.